The molecule has 0 saturated carbocycles. The van der Waals surface area contributed by atoms with Gasteiger partial charge in [0, 0.05) is 5.02 Å². The number of halogens is 5. The molecule has 3 aromatic rings. The Bertz CT molecular complexity index is 1220. The van der Waals surface area contributed by atoms with Crippen molar-refractivity contribution in [3.8, 4) is 11.8 Å². The summed E-state index contributed by atoms with van der Waals surface area (Å²) in [6.07, 6.45) is -3.30. The molecule has 0 fully saturated rings. The van der Waals surface area contributed by atoms with Crippen LogP contribution in [0.25, 0.3) is 6.08 Å². The van der Waals surface area contributed by atoms with E-state index in [1.807, 2.05) is 12.1 Å². The van der Waals surface area contributed by atoms with Crippen molar-refractivity contribution in [1.82, 2.24) is 0 Å². The van der Waals surface area contributed by atoms with Crippen molar-refractivity contribution in [1.29, 1.82) is 5.26 Å². The van der Waals surface area contributed by atoms with Crippen LogP contribution in [0.5, 0.6) is 5.75 Å². The molecule has 3 rings (SSSR count). The Morgan fingerprint density at radius 2 is 1.70 bits per heavy atom. The molecule has 168 valence electrons. The van der Waals surface area contributed by atoms with E-state index in [9.17, 15) is 23.2 Å². The fraction of sp³-hybridized carbons (Fsp3) is 0.0833. The van der Waals surface area contributed by atoms with Crippen LogP contribution >= 0.6 is 23.2 Å². The predicted octanol–water partition coefficient (Wildman–Crippen LogP) is 7.14. The minimum Gasteiger partial charge on any atom is -0.489 e. The molecule has 0 bridgehead atoms. The average molecular weight is 491 g/mol. The number of amides is 1. The number of carbonyl (C=O) groups excluding carboxylic acids is 1. The molecule has 1 N–H and O–H groups in total. The number of anilines is 1. The molecule has 0 aliphatic heterocycles. The third kappa shape index (κ3) is 6.75. The SMILES string of the molecule is N#C/C(=C/c1ccc(OCc2ccc(Cl)cc2)cc1)C(=O)Nc1cc(C(F)(F)F)ccc1Cl. The van der Waals surface area contributed by atoms with Gasteiger partial charge < -0.3 is 10.1 Å². The molecule has 0 unspecified atom stereocenters. The Labute approximate surface area is 197 Å². The third-order valence-corrected chi connectivity index (χ3v) is 5.00. The first-order valence-corrected chi connectivity index (χ1v) is 10.2. The highest BCUT2D eigenvalue weighted by Gasteiger charge is 2.31. The second-order valence-corrected chi connectivity index (χ2v) is 7.64. The van der Waals surface area contributed by atoms with Crippen LogP contribution in [0.1, 0.15) is 16.7 Å². The number of alkyl halides is 3. The van der Waals surface area contributed by atoms with Crippen molar-refractivity contribution in [2.24, 2.45) is 0 Å². The van der Waals surface area contributed by atoms with Gasteiger partial charge >= 0.3 is 6.18 Å². The summed E-state index contributed by atoms with van der Waals surface area (Å²) in [5, 5.41) is 12.1. The molecule has 0 aliphatic rings. The molecule has 0 spiro atoms. The van der Waals surface area contributed by atoms with E-state index in [1.54, 1.807) is 42.5 Å². The molecule has 0 atom stereocenters. The molecule has 0 heterocycles. The Hall–Kier alpha value is -3.47. The number of benzene rings is 3. The van der Waals surface area contributed by atoms with Crippen molar-refractivity contribution < 1.29 is 22.7 Å². The van der Waals surface area contributed by atoms with Crippen molar-refractivity contribution in [3.05, 3.63) is 99.0 Å². The van der Waals surface area contributed by atoms with E-state index in [4.69, 9.17) is 27.9 Å². The van der Waals surface area contributed by atoms with Crippen molar-refractivity contribution in [2.45, 2.75) is 12.8 Å². The normalized spacial score (nSPS) is 11.6. The zero-order valence-electron chi connectivity index (χ0n) is 16.8. The molecule has 33 heavy (non-hydrogen) atoms. The van der Waals surface area contributed by atoms with Crippen LogP contribution in [-0.4, -0.2) is 5.91 Å². The maximum Gasteiger partial charge on any atom is 0.416 e. The smallest absolute Gasteiger partial charge is 0.416 e. The van der Waals surface area contributed by atoms with E-state index in [0.717, 1.165) is 17.7 Å². The van der Waals surface area contributed by atoms with Crippen LogP contribution in [-0.2, 0) is 17.6 Å². The van der Waals surface area contributed by atoms with Gasteiger partial charge in [-0.3, -0.25) is 4.79 Å². The van der Waals surface area contributed by atoms with Gasteiger partial charge in [0.05, 0.1) is 16.3 Å². The fourth-order valence-corrected chi connectivity index (χ4v) is 3.00. The molecule has 1 amide bonds. The molecular formula is C24H15Cl2F3N2O2. The number of hydrogen-bond donors (Lipinski definition) is 1. The summed E-state index contributed by atoms with van der Waals surface area (Å²) in [5.74, 6) is -0.317. The van der Waals surface area contributed by atoms with E-state index in [2.05, 4.69) is 5.32 Å². The third-order valence-electron chi connectivity index (χ3n) is 4.42. The lowest BCUT2D eigenvalue weighted by Crippen LogP contribution is -2.15. The molecule has 3 aromatic carbocycles. The second kappa shape index (κ2) is 10.4. The zero-order valence-corrected chi connectivity index (χ0v) is 18.3. The number of nitrogens with zero attached hydrogens (tertiary/aromatic N) is 1. The highest BCUT2D eigenvalue weighted by molar-refractivity contribution is 6.34. The summed E-state index contributed by atoms with van der Waals surface area (Å²) >= 11 is 11.7. The lowest BCUT2D eigenvalue weighted by molar-refractivity contribution is -0.137. The summed E-state index contributed by atoms with van der Waals surface area (Å²) in [7, 11) is 0. The van der Waals surface area contributed by atoms with Crippen LogP contribution in [0.15, 0.2) is 72.3 Å². The number of nitriles is 1. The average Bonchev–Trinajstić information content (AvgIpc) is 2.78. The summed E-state index contributed by atoms with van der Waals surface area (Å²) in [6, 6.07) is 18.1. The lowest BCUT2D eigenvalue weighted by atomic mass is 10.1. The van der Waals surface area contributed by atoms with Crippen molar-refractivity contribution >= 4 is 40.9 Å². The highest BCUT2D eigenvalue weighted by atomic mass is 35.5. The van der Waals surface area contributed by atoms with Crippen molar-refractivity contribution in [2.75, 3.05) is 5.32 Å². The first-order chi connectivity index (χ1) is 15.7. The molecule has 4 nitrogen and oxygen atoms in total. The van der Waals surface area contributed by atoms with Gasteiger partial charge in [-0.15, -0.1) is 0 Å². The molecule has 0 saturated heterocycles. The largest absolute Gasteiger partial charge is 0.489 e. The van der Waals surface area contributed by atoms with Gasteiger partial charge in [0.15, 0.2) is 0 Å². The van der Waals surface area contributed by atoms with Crippen LogP contribution in [0.2, 0.25) is 10.0 Å². The Balaban J connectivity index is 1.69. The number of ether oxygens (including phenoxy) is 1. The topological polar surface area (TPSA) is 62.1 Å². The highest BCUT2D eigenvalue weighted by Crippen LogP contribution is 2.34. The van der Waals surface area contributed by atoms with Gasteiger partial charge in [0.2, 0.25) is 0 Å². The van der Waals surface area contributed by atoms with Gasteiger partial charge in [-0.25, -0.2) is 0 Å². The molecule has 9 heteroatoms. The van der Waals surface area contributed by atoms with Crippen LogP contribution in [0, 0.1) is 11.3 Å². The van der Waals surface area contributed by atoms with E-state index in [-0.39, 0.29) is 16.3 Å². The van der Waals surface area contributed by atoms with E-state index >= 15 is 0 Å². The Kier molecular flexibility index (Phi) is 7.64. The number of nitrogens with one attached hydrogen (secondary N) is 1. The van der Waals surface area contributed by atoms with E-state index in [1.165, 1.54) is 6.08 Å². The number of rotatable bonds is 6. The Morgan fingerprint density at radius 1 is 1.03 bits per heavy atom. The van der Waals surface area contributed by atoms with Crippen LogP contribution in [0.4, 0.5) is 18.9 Å². The predicted molar refractivity (Wildman–Crippen MR) is 121 cm³/mol. The zero-order chi connectivity index (χ0) is 24.0. The number of carbonyl (C=O) groups is 1. The molecule has 0 radical (unpaired) electrons. The van der Waals surface area contributed by atoms with Gasteiger partial charge in [-0.1, -0.05) is 47.5 Å². The fourth-order valence-electron chi connectivity index (χ4n) is 2.71. The quantitative estimate of drug-likeness (QED) is 0.295. The molecular weight excluding hydrogens is 476 g/mol. The summed E-state index contributed by atoms with van der Waals surface area (Å²) in [5.41, 5.74) is -0.0727. The van der Waals surface area contributed by atoms with E-state index in [0.29, 0.717) is 29.0 Å². The number of hydrogen-bond acceptors (Lipinski definition) is 3. The Morgan fingerprint density at radius 3 is 2.30 bits per heavy atom. The monoisotopic (exact) mass is 490 g/mol. The van der Waals surface area contributed by atoms with Gasteiger partial charge in [-0.05, 0) is 59.7 Å². The first-order valence-electron chi connectivity index (χ1n) is 9.43. The molecule has 0 aliphatic carbocycles. The van der Waals surface area contributed by atoms with Gasteiger partial charge in [0.1, 0.15) is 24.0 Å². The van der Waals surface area contributed by atoms with Crippen molar-refractivity contribution in [3.63, 3.8) is 0 Å². The minimum absolute atomic E-state index is 0.0872. The summed E-state index contributed by atoms with van der Waals surface area (Å²) in [6.45, 7) is 0.329. The summed E-state index contributed by atoms with van der Waals surface area (Å²) < 4.78 is 44.4. The molecule has 0 aromatic heterocycles. The van der Waals surface area contributed by atoms with Crippen LogP contribution in [0.3, 0.4) is 0 Å². The summed E-state index contributed by atoms with van der Waals surface area (Å²) in [4.78, 5) is 12.4. The van der Waals surface area contributed by atoms with Gasteiger partial charge in [0.25, 0.3) is 5.91 Å². The maximum atomic E-state index is 12.9. The lowest BCUT2D eigenvalue weighted by Gasteiger charge is -2.11. The van der Waals surface area contributed by atoms with Crippen LogP contribution < -0.4 is 10.1 Å². The van der Waals surface area contributed by atoms with Gasteiger partial charge in [-0.2, -0.15) is 18.4 Å². The first kappa shape index (κ1) is 24.2. The standard InChI is InChI=1S/C24H15Cl2F3N2O2/c25-19-6-1-16(2-7-19)14-33-20-8-3-15(4-9-20)11-17(13-30)23(32)31-22-12-18(24(27,28)29)5-10-21(22)26/h1-12H,14H2,(H,31,32)/b17-11-. The van der Waals surface area contributed by atoms with E-state index < -0.39 is 17.6 Å². The maximum absolute atomic E-state index is 12.9. The minimum atomic E-state index is -4.60. The second-order valence-electron chi connectivity index (χ2n) is 6.80.